The molecular weight excluding hydrogens is 300 g/mol. The molecule has 1 fully saturated rings. The summed E-state index contributed by atoms with van der Waals surface area (Å²) in [7, 11) is 0. The number of hydrazine groups is 1. The normalized spacial score (nSPS) is 15.2. The zero-order chi connectivity index (χ0) is 17.3. The molecule has 4 heteroatoms. The molecule has 0 unspecified atom stereocenters. The topological polar surface area (TPSA) is 43.8 Å². The lowest BCUT2D eigenvalue weighted by Crippen LogP contribution is -2.38. The summed E-state index contributed by atoms with van der Waals surface area (Å²) in [5, 5.41) is 13.4. The number of phenolic OH excluding ortho intramolecular Hbond substituents is 1. The van der Waals surface area contributed by atoms with Gasteiger partial charge in [-0.05, 0) is 40.8 Å². The molecule has 1 heterocycles. The Bertz CT molecular complexity index is 732. The lowest BCUT2D eigenvalue weighted by atomic mass is 9.87. The van der Waals surface area contributed by atoms with Crippen LogP contribution in [0.5, 0.6) is 5.75 Å². The maximum Gasteiger partial charge on any atom is 0.243 e. The third-order valence-corrected chi connectivity index (χ3v) is 4.39. The monoisotopic (exact) mass is 324 g/mol. The number of rotatable bonds is 3. The number of carbonyl (C=O) groups excluding carboxylic acids is 1. The lowest BCUT2D eigenvalue weighted by molar-refractivity contribution is -0.128. The van der Waals surface area contributed by atoms with E-state index in [2.05, 4.69) is 45.0 Å². The average molecular weight is 324 g/mol. The van der Waals surface area contributed by atoms with E-state index in [1.54, 1.807) is 23.2 Å². The molecule has 1 saturated heterocycles. The van der Waals surface area contributed by atoms with E-state index < -0.39 is 0 Å². The molecular formula is C20H24N2O2. The molecule has 126 valence electrons. The molecule has 0 aromatic heterocycles. The van der Waals surface area contributed by atoms with Crippen molar-refractivity contribution >= 4 is 11.6 Å². The van der Waals surface area contributed by atoms with Crippen molar-refractivity contribution in [3.8, 4) is 5.75 Å². The van der Waals surface area contributed by atoms with E-state index in [-0.39, 0.29) is 17.1 Å². The van der Waals surface area contributed by atoms with Gasteiger partial charge in [-0.3, -0.25) is 9.80 Å². The van der Waals surface area contributed by atoms with Gasteiger partial charge in [0.1, 0.15) is 5.75 Å². The van der Waals surface area contributed by atoms with E-state index >= 15 is 0 Å². The van der Waals surface area contributed by atoms with Gasteiger partial charge in [0, 0.05) is 13.0 Å². The molecule has 2 aromatic rings. The summed E-state index contributed by atoms with van der Waals surface area (Å²) in [4.78, 5) is 12.3. The van der Waals surface area contributed by atoms with Crippen LogP contribution in [0.2, 0.25) is 0 Å². The van der Waals surface area contributed by atoms with Crippen LogP contribution in [-0.2, 0) is 16.8 Å². The fraction of sp³-hybridized carbons (Fsp3) is 0.350. The molecule has 2 aromatic carbocycles. The van der Waals surface area contributed by atoms with Crippen molar-refractivity contribution in [1.82, 2.24) is 5.01 Å². The first kappa shape index (κ1) is 16.4. The second kappa shape index (κ2) is 6.19. The summed E-state index contributed by atoms with van der Waals surface area (Å²) in [6.45, 7) is 7.72. The summed E-state index contributed by atoms with van der Waals surface area (Å²) in [5.41, 5.74) is 3.33. The second-order valence-corrected chi connectivity index (χ2v) is 7.29. The van der Waals surface area contributed by atoms with Crippen molar-refractivity contribution in [1.29, 1.82) is 0 Å². The van der Waals surface area contributed by atoms with Gasteiger partial charge >= 0.3 is 0 Å². The predicted octanol–water partition coefficient (Wildman–Crippen LogP) is 3.84. The molecule has 0 atom stereocenters. The van der Waals surface area contributed by atoms with E-state index in [4.69, 9.17) is 0 Å². The van der Waals surface area contributed by atoms with Crippen molar-refractivity contribution in [2.75, 3.05) is 11.6 Å². The highest BCUT2D eigenvalue weighted by Gasteiger charge is 2.29. The van der Waals surface area contributed by atoms with Gasteiger partial charge in [-0.2, -0.15) is 0 Å². The maximum absolute atomic E-state index is 12.3. The lowest BCUT2D eigenvalue weighted by Gasteiger charge is -2.30. The third kappa shape index (κ3) is 3.37. The van der Waals surface area contributed by atoms with Crippen LogP contribution >= 0.6 is 0 Å². The number of hydrogen-bond donors (Lipinski definition) is 1. The summed E-state index contributed by atoms with van der Waals surface area (Å²) >= 11 is 0. The highest BCUT2D eigenvalue weighted by molar-refractivity contribution is 5.81. The zero-order valence-corrected chi connectivity index (χ0v) is 14.5. The number of amides is 1. The minimum absolute atomic E-state index is 0.109. The minimum atomic E-state index is 0.109. The van der Waals surface area contributed by atoms with Gasteiger partial charge in [0.25, 0.3) is 0 Å². The van der Waals surface area contributed by atoms with Gasteiger partial charge in [-0.25, -0.2) is 5.01 Å². The van der Waals surface area contributed by atoms with Crippen LogP contribution in [0.15, 0.2) is 48.5 Å². The Hall–Kier alpha value is -2.49. The number of anilines is 1. The molecule has 0 spiro atoms. The van der Waals surface area contributed by atoms with Crippen LogP contribution in [0.4, 0.5) is 5.69 Å². The molecule has 0 bridgehead atoms. The van der Waals surface area contributed by atoms with Gasteiger partial charge in [-0.1, -0.05) is 45.0 Å². The molecule has 1 N–H and O–H groups in total. The molecule has 0 saturated carbocycles. The number of carbonyl (C=O) groups is 1. The fourth-order valence-corrected chi connectivity index (χ4v) is 2.99. The van der Waals surface area contributed by atoms with E-state index in [0.717, 1.165) is 11.3 Å². The van der Waals surface area contributed by atoms with Crippen LogP contribution in [0.1, 0.15) is 38.3 Å². The smallest absolute Gasteiger partial charge is 0.243 e. The van der Waals surface area contributed by atoms with Crippen LogP contribution in [0, 0.1) is 0 Å². The summed E-state index contributed by atoms with van der Waals surface area (Å²) in [6.07, 6.45) is 0.514. The molecule has 24 heavy (non-hydrogen) atoms. The van der Waals surface area contributed by atoms with Crippen molar-refractivity contribution in [2.24, 2.45) is 0 Å². The van der Waals surface area contributed by atoms with Gasteiger partial charge in [0.2, 0.25) is 5.91 Å². The molecule has 0 aliphatic carbocycles. The first-order chi connectivity index (χ1) is 11.3. The summed E-state index contributed by atoms with van der Waals surface area (Å²) in [5.74, 6) is 0.332. The number of nitrogens with zero attached hydrogens (tertiary/aromatic N) is 2. The predicted molar refractivity (Wildman–Crippen MR) is 95.8 cm³/mol. The van der Waals surface area contributed by atoms with Gasteiger partial charge < -0.3 is 5.11 Å². The summed E-state index contributed by atoms with van der Waals surface area (Å²) in [6, 6.07) is 15.5. The number of benzene rings is 2. The van der Waals surface area contributed by atoms with Gasteiger partial charge in [0.05, 0.1) is 12.2 Å². The minimum Gasteiger partial charge on any atom is -0.508 e. The Kier molecular flexibility index (Phi) is 4.22. The molecule has 1 aliphatic heterocycles. The van der Waals surface area contributed by atoms with Gasteiger partial charge in [-0.15, -0.1) is 0 Å². The first-order valence-electron chi connectivity index (χ1n) is 8.31. The molecule has 3 rings (SSSR count). The largest absolute Gasteiger partial charge is 0.508 e. The van der Waals surface area contributed by atoms with Crippen LogP contribution in [0.3, 0.4) is 0 Å². The van der Waals surface area contributed by atoms with E-state index in [9.17, 15) is 9.90 Å². The van der Waals surface area contributed by atoms with Gasteiger partial charge in [0.15, 0.2) is 0 Å². The fourth-order valence-electron chi connectivity index (χ4n) is 2.99. The average Bonchev–Trinajstić information content (AvgIpc) is 2.88. The van der Waals surface area contributed by atoms with Crippen molar-refractivity contribution in [3.05, 3.63) is 59.7 Å². The van der Waals surface area contributed by atoms with Crippen LogP contribution in [0.25, 0.3) is 0 Å². The van der Waals surface area contributed by atoms with Crippen molar-refractivity contribution in [2.45, 2.75) is 39.2 Å². The van der Waals surface area contributed by atoms with E-state index in [1.165, 1.54) is 5.56 Å². The van der Waals surface area contributed by atoms with E-state index in [0.29, 0.717) is 19.5 Å². The zero-order valence-electron chi connectivity index (χ0n) is 14.5. The Labute approximate surface area is 143 Å². The van der Waals surface area contributed by atoms with Crippen molar-refractivity contribution < 1.29 is 9.90 Å². The quantitative estimate of drug-likeness (QED) is 0.933. The van der Waals surface area contributed by atoms with Crippen LogP contribution < -0.4 is 5.01 Å². The van der Waals surface area contributed by atoms with Crippen molar-refractivity contribution in [3.63, 3.8) is 0 Å². The maximum atomic E-state index is 12.3. The molecule has 4 nitrogen and oxygen atoms in total. The van der Waals surface area contributed by atoms with E-state index in [1.807, 2.05) is 11.1 Å². The standard InChI is InChI=1S/C20H24N2O2/c1-20(2,3)16-7-9-17(10-8-16)21-12-11-19(24)22(21)14-15-5-4-6-18(23)13-15/h4-10,13,23H,11-12,14H2,1-3H3. The Morgan fingerprint density at radius 1 is 1.08 bits per heavy atom. The molecule has 1 aliphatic rings. The number of hydrogen-bond acceptors (Lipinski definition) is 3. The summed E-state index contributed by atoms with van der Waals surface area (Å²) < 4.78 is 0. The molecule has 0 radical (unpaired) electrons. The number of phenols is 1. The highest BCUT2D eigenvalue weighted by Crippen LogP contribution is 2.28. The van der Waals surface area contributed by atoms with Crippen LogP contribution in [-0.4, -0.2) is 22.6 Å². The first-order valence-corrected chi connectivity index (χ1v) is 8.31. The number of aromatic hydroxyl groups is 1. The third-order valence-electron chi connectivity index (χ3n) is 4.39. The Balaban J connectivity index is 1.82. The Morgan fingerprint density at radius 3 is 2.42 bits per heavy atom. The molecule has 1 amide bonds. The SMILES string of the molecule is CC(C)(C)c1ccc(N2CCC(=O)N2Cc2cccc(O)c2)cc1. The highest BCUT2D eigenvalue weighted by atomic mass is 16.3. The second-order valence-electron chi connectivity index (χ2n) is 7.29. The Morgan fingerprint density at radius 2 is 1.79 bits per heavy atom.